The van der Waals surface area contributed by atoms with Gasteiger partial charge in [-0.2, -0.15) is 5.10 Å². The minimum Gasteiger partial charge on any atom is -0.368 e. The molecular weight excluding hydrogens is 336 g/mol. The first kappa shape index (κ1) is 17.2. The number of anilines is 1. The van der Waals surface area contributed by atoms with Gasteiger partial charge < -0.3 is 11.1 Å². The summed E-state index contributed by atoms with van der Waals surface area (Å²) >= 11 is 1.68. The number of nitrogens with one attached hydrogen (secondary N) is 1. The molecule has 1 aliphatic rings. The van der Waals surface area contributed by atoms with Crippen molar-refractivity contribution in [1.29, 1.82) is 0 Å². The topological polar surface area (TPSA) is 87.8 Å². The first-order valence-electron chi connectivity index (χ1n) is 8.15. The summed E-state index contributed by atoms with van der Waals surface area (Å²) in [6.45, 7) is 2.55. The summed E-state index contributed by atoms with van der Waals surface area (Å²) in [5, 5.41) is 8.73. The Kier molecular flexibility index (Phi) is 5.14. The maximum Gasteiger partial charge on any atom is 0.267 e. The van der Waals surface area contributed by atoms with Crippen LogP contribution in [0.4, 0.5) is 5.69 Å². The van der Waals surface area contributed by atoms with Gasteiger partial charge in [0.15, 0.2) is 0 Å². The third-order valence-electron chi connectivity index (χ3n) is 4.01. The van der Waals surface area contributed by atoms with E-state index in [0.29, 0.717) is 12.3 Å². The number of primary amides is 1. The van der Waals surface area contributed by atoms with E-state index in [4.69, 9.17) is 5.73 Å². The van der Waals surface area contributed by atoms with Gasteiger partial charge in [-0.1, -0.05) is 25.1 Å². The molecule has 1 aliphatic heterocycles. The maximum absolute atomic E-state index is 12.4. The van der Waals surface area contributed by atoms with Crippen molar-refractivity contribution in [3.8, 4) is 0 Å². The number of thiophene rings is 1. The normalized spacial score (nSPS) is 16.6. The number of nitrogens with two attached hydrogens (primary N) is 1. The third kappa shape index (κ3) is 3.88. The minimum atomic E-state index is -0.642. The van der Waals surface area contributed by atoms with Crippen molar-refractivity contribution >= 4 is 34.6 Å². The van der Waals surface area contributed by atoms with Crippen LogP contribution in [0.25, 0.3) is 0 Å². The fourth-order valence-corrected chi connectivity index (χ4v) is 3.56. The molecule has 2 heterocycles. The van der Waals surface area contributed by atoms with Gasteiger partial charge in [0, 0.05) is 16.2 Å². The number of nitrogens with zero attached hydrogens (tertiary/aromatic N) is 2. The van der Waals surface area contributed by atoms with E-state index in [9.17, 15) is 9.59 Å². The standard InChI is InChI=1S/C18H20N4O2S/c1-2-13-8-9-14(25-13)11-20-18(24)15-10-16(17(19)23)22(21-15)12-6-4-3-5-7-12/h3-9,16H,2,10-11H2,1H3,(H2,19,23)(H,20,24). The molecule has 3 N–H and O–H groups in total. The maximum atomic E-state index is 12.4. The van der Waals surface area contributed by atoms with Crippen LogP contribution in [0.3, 0.4) is 0 Å². The summed E-state index contributed by atoms with van der Waals surface area (Å²) in [4.78, 5) is 26.5. The highest BCUT2D eigenvalue weighted by Gasteiger charge is 2.34. The van der Waals surface area contributed by atoms with E-state index in [1.54, 1.807) is 11.3 Å². The number of para-hydroxylation sites is 1. The Balaban J connectivity index is 1.70. The monoisotopic (exact) mass is 356 g/mol. The summed E-state index contributed by atoms with van der Waals surface area (Å²) in [5.74, 6) is -0.766. The van der Waals surface area contributed by atoms with Gasteiger partial charge in [0.05, 0.1) is 12.2 Å². The van der Waals surface area contributed by atoms with Crippen LogP contribution in [0.2, 0.25) is 0 Å². The summed E-state index contributed by atoms with van der Waals surface area (Å²) in [6.07, 6.45) is 1.19. The molecule has 1 unspecified atom stereocenters. The molecule has 0 radical (unpaired) electrons. The predicted molar refractivity (Wildman–Crippen MR) is 99.5 cm³/mol. The van der Waals surface area contributed by atoms with Crippen LogP contribution in [0, 0.1) is 0 Å². The molecule has 0 bridgehead atoms. The zero-order valence-electron chi connectivity index (χ0n) is 13.9. The lowest BCUT2D eigenvalue weighted by atomic mass is 10.1. The molecule has 1 atom stereocenters. The van der Waals surface area contributed by atoms with Crippen molar-refractivity contribution in [3.63, 3.8) is 0 Å². The van der Waals surface area contributed by atoms with E-state index in [-0.39, 0.29) is 12.3 Å². The van der Waals surface area contributed by atoms with Crippen molar-refractivity contribution in [2.24, 2.45) is 10.8 Å². The molecule has 0 aliphatic carbocycles. The number of aryl methyl sites for hydroxylation is 1. The minimum absolute atomic E-state index is 0.209. The summed E-state index contributed by atoms with van der Waals surface area (Å²) in [6, 6.07) is 12.7. The van der Waals surface area contributed by atoms with Gasteiger partial charge in [-0.15, -0.1) is 11.3 Å². The number of hydrogen-bond donors (Lipinski definition) is 2. The van der Waals surface area contributed by atoms with Crippen molar-refractivity contribution in [3.05, 3.63) is 52.2 Å². The summed E-state index contributed by atoms with van der Waals surface area (Å²) in [7, 11) is 0. The Morgan fingerprint density at radius 2 is 1.96 bits per heavy atom. The van der Waals surface area contributed by atoms with Crippen LogP contribution in [0.5, 0.6) is 0 Å². The molecule has 3 rings (SSSR count). The number of rotatable bonds is 6. The van der Waals surface area contributed by atoms with Crippen molar-refractivity contribution in [2.75, 3.05) is 5.01 Å². The van der Waals surface area contributed by atoms with Crippen LogP contribution < -0.4 is 16.1 Å². The molecule has 1 aromatic carbocycles. The molecule has 2 aromatic rings. The van der Waals surface area contributed by atoms with Gasteiger partial charge in [0.25, 0.3) is 5.91 Å². The highest BCUT2D eigenvalue weighted by Crippen LogP contribution is 2.24. The second-order valence-electron chi connectivity index (χ2n) is 5.75. The predicted octanol–water partition coefficient (Wildman–Crippen LogP) is 2.05. The van der Waals surface area contributed by atoms with Gasteiger partial charge in [-0.05, 0) is 30.7 Å². The van der Waals surface area contributed by atoms with Crippen LogP contribution >= 0.6 is 11.3 Å². The van der Waals surface area contributed by atoms with Crippen LogP contribution in [-0.4, -0.2) is 23.6 Å². The number of carbonyl (C=O) groups is 2. The van der Waals surface area contributed by atoms with E-state index >= 15 is 0 Å². The van der Waals surface area contributed by atoms with Crippen molar-refractivity contribution in [2.45, 2.75) is 32.4 Å². The fraction of sp³-hybridized carbons (Fsp3) is 0.278. The molecular formula is C18H20N4O2S. The number of benzene rings is 1. The third-order valence-corrected chi connectivity index (χ3v) is 5.24. The highest BCUT2D eigenvalue weighted by atomic mass is 32.1. The lowest BCUT2D eigenvalue weighted by Crippen LogP contribution is -2.39. The second kappa shape index (κ2) is 7.48. The van der Waals surface area contributed by atoms with E-state index < -0.39 is 11.9 Å². The molecule has 1 aromatic heterocycles. The van der Waals surface area contributed by atoms with Crippen LogP contribution in [-0.2, 0) is 22.6 Å². The molecule has 25 heavy (non-hydrogen) atoms. The largest absolute Gasteiger partial charge is 0.368 e. The zero-order chi connectivity index (χ0) is 17.8. The molecule has 130 valence electrons. The van der Waals surface area contributed by atoms with Gasteiger partial charge in [-0.25, -0.2) is 0 Å². The fourth-order valence-electron chi connectivity index (χ4n) is 2.66. The lowest BCUT2D eigenvalue weighted by Gasteiger charge is -2.20. The Hall–Kier alpha value is -2.67. The first-order chi connectivity index (χ1) is 12.1. The quantitative estimate of drug-likeness (QED) is 0.830. The molecule has 0 spiro atoms. The number of hydrazone groups is 1. The van der Waals surface area contributed by atoms with Gasteiger partial charge in [0.1, 0.15) is 11.8 Å². The Labute approximate surface area is 150 Å². The van der Waals surface area contributed by atoms with Gasteiger partial charge in [0.2, 0.25) is 5.91 Å². The SMILES string of the molecule is CCc1ccc(CNC(=O)C2=NN(c3ccccc3)C(C(N)=O)C2)s1. The molecule has 2 amide bonds. The Morgan fingerprint density at radius 3 is 2.60 bits per heavy atom. The van der Waals surface area contributed by atoms with Gasteiger partial charge in [-0.3, -0.25) is 14.6 Å². The van der Waals surface area contributed by atoms with Gasteiger partial charge >= 0.3 is 0 Å². The zero-order valence-corrected chi connectivity index (χ0v) is 14.8. The highest BCUT2D eigenvalue weighted by molar-refractivity contribution is 7.11. The second-order valence-corrected chi connectivity index (χ2v) is 7.01. The average molecular weight is 356 g/mol. The van der Waals surface area contributed by atoms with Crippen molar-refractivity contribution < 1.29 is 9.59 Å². The smallest absolute Gasteiger partial charge is 0.267 e. The van der Waals surface area contributed by atoms with E-state index in [2.05, 4.69) is 23.4 Å². The summed E-state index contributed by atoms with van der Waals surface area (Å²) in [5.41, 5.74) is 6.54. The Bertz CT molecular complexity index is 800. The molecule has 0 saturated heterocycles. The van der Waals surface area contributed by atoms with E-state index in [1.807, 2.05) is 36.4 Å². The summed E-state index contributed by atoms with van der Waals surface area (Å²) < 4.78 is 0. The van der Waals surface area contributed by atoms with Crippen LogP contribution in [0.1, 0.15) is 23.1 Å². The van der Waals surface area contributed by atoms with Crippen molar-refractivity contribution in [1.82, 2.24) is 5.32 Å². The lowest BCUT2D eigenvalue weighted by molar-refractivity contribution is -0.119. The van der Waals surface area contributed by atoms with E-state index in [1.165, 1.54) is 9.89 Å². The van der Waals surface area contributed by atoms with Crippen LogP contribution in [0.15, 0.2) is 47.6 Å². The molecule has 0 saturated carbocycles. The number of hydrogen-bond acceptors (Lipinski definition) is 5. The average Bonchev–Trinajstić information content (AvgIpc) is 3.27. The van der Waals surface area contributed by atoms with E-state index in [0.717, 1.165) is 17.0 Å². The molecule has 0 fully saturated rings. The number of amides is 2. The first-order valence-corrected chi connectivity index (χ1v) is 8.97. The Morgan fingerprint density at radius 1 is 1.24 bits per heavy atom. The number of carbonyl (C=O) groups excluding carboxylic acids is 2. The molecule has 6 nitrogen and oxygen atoms in total. The molecule has 7 heteroatoms.